The summed E-state index contributed by atoms with van der Waals surface area (Å²) in [4.78, 5) is 7.79. The van der Waals surface area contributed by atoms with Gasteiger partial charge in [-0.3, -0.25) is 0 Å². The van der Waals surface area contributed by atoms with Crippen LogP contribution in [0.25, 0.3) is 0 Å². The van der Waals surface area contributed by atoms with Gasteiger partial charge in [-0.1, -0.05) is 19.3 Å². The van der Waals surface area contributed by atoms with Crippen molar-refractivity contribution < 1.29 is 17.6 Å². The van der Waals surface area contributed by atoms with E-state index in [9.17, 15) is 17.6 Å². The molecule has 1 fully saturated rings. The van der Waals surface area contributed by atoms with Crippen molar-refractivity contribution in [1.82, 2.24) is 9.97 Å². The summed E-state index contributed by atoms with van der Waals surface area (Å²) in [6, 6.07) is 5.15. The van der Waals surface area contributed by atoms with E-state index in [2.05, 4.69) is 20.6 Å². The zero-order valence-corrected chi connectivity index (χ0v) is 14.3. The number of alkyl halides is 3. The Hall–Kier alpha value is -2.38. The second-order valence-corrected chi connectivity index (χ2v) is 6.53. The molecule has 1 aromatic carbocycles. The molecule has 3 rings (SSSR count). The van der Waals surface area contributed by atoms with Gasteiger partial charge in [0.2, 0.25) is 5.95 Å². The maximum absolute atomic E-state index is 13.4. The molecule has 1 aromatic heterocycles. The Morgan fingerprint density at radius 2 is 1.77 bits per heavy atom. The number of aromatic nitrogens is 2. The minimum absolute atomic E-state index is 0.0108. The largest absolute Gasteiger partial charge is 0.433 e. The smallest absolute Gasteiger partial charge is 0.351 e. The van der Waals surface area contributed by atoms with Gasteiger partial charge in [0.05, 0.1) is 0 Å². The fourth-order valence-corrected chi connectivity index (χ4v) is 3.02. The van der Waals surface area contributed by atoms with E-state index in [0.29, 0.717) is 11.3 Å². The number of anilines is 3. The molecule has 0 spiro atoms. The molecule has 1 aliphatic rings. The second kappa shape index (κ2) is 7.47. The highest BCUT2D eigenvalue weighted by molar-refractivity contribution is 5.58. The highest BCUT2D eigenvalue weighted by Crippen LogP contribution is 2.31. The Morgan fingerprint density at radius 3 is 2.42 bits per heavy atom. The molecule has 0 radical (unpaired) electrons. The number of benzene rings is 1. The second-order valence-electron chi connectivity index (χ2n) is 6.53. The number of aryl methyl sites for hydroxylation is 1. The van der Waals surface area contributed by atoms with E-state index < -0.39 is 11.9 Å². The van der Waals surface area contributed by atoms with E-state index in [1.54, 1.807) is 6.92 Å². The van der Waals surface area contributed by atoms with E-state index in [1.165, 1.54) is 18.2 Å². The van der Waals surface area contributed by atoms with Crippen molar-refractivity contribution in [2.45, 2.75) is 51.2 Å². The number of halogens is 4. The first kappa shape index (κ1) is 18.4. The van der Waals surface area contributed by atoms with Gasteiger partial charge in [0.15, 0.2) is 5.69 Å². The van der Waals surface area contributed by atoms with E-state index >= 15 is 0 Å². The van der Waals surface area contributed by atoms with Gasteiger partial charge < -0.3 is 10.6 Å². The van der Waals surface area contributed by atoms with Crippen LogP contribution in [-0.2, 0) is 6.18 Å². The third-order valence-corrected chi connectivity index (χ3v) is 4.39. The number of nitrogens with zero attached hydrogens (tertiary/aromatic N) is 2. The summed E-state index contributed by atoms with van der Waals surface area (Å²) in [7, 11) is 0. The van der Waals surface area contributed by atoms with Crippen LogP contribution in [0.3, 0.4) is 0 Å². The lowest BCUT2D eigenvalue weighted by atomic mass is 9.96. The fraction of sp³-hybridized carbons (Fsp3) is 0.444. The zero-order chi connectivity index (χ0) is 18.7. The first-order valence-corrected chi connectivity index (χ1v) is 8.57. The predicted molar refractivity (Wildman–Crippen MR) is 91.9 cm³/mol. The lowest BCUT2D eigenvalue weighted by Gasteiger charge is -2.23. The minimum atomic E-state index is -4.58. The van der Waals surface area contributed by atoms with E-state index in [1.807, 2.05) is 0 Å². The molecule has 0 aliphatic heterocycles. The Labute approximate surface area is 149 Å². The summed E-state index contributed by atoms with van der Waals surface area (Å²) in [5, 5.41) is 5.82. The van der Waals surface area contributed by atoms with Crippen molar-refractivity contribution in [1.29, 1.82) is 0 Å². The highest BCUT2D eigenvalue weighted by atomic mass is 19.4. The van der Waals surface area contributed by atoms with Crippen LogP contribution < -0.4 is 10.6 Å². The molecule has 1 saturated carbocycles. The van der Waals surface area contributed by atoms with Crippen molar-refractivity contribution in [2.75, 3.05) is 10.6 Å². The molecule has 140 valence electrons. The normalized spacial score (nSPS) is 15.7. The van der Waals surface area contributed by atoms with Gasteiger partial charge in [0.1, 0.15) is 11.6 Å². The van der Waals surface area contributed by atoms with E-state index in [4.69, 9.17) is 0 Å². The summed E-state index contributed by atoms with van der Waals surface area (Å²) in [6.07, 6.45) is 0.408. The van der Waals surface area contributed by atoms with Crippen LogP contribution in [-0.4, -0.2) is 16.0 Å². The van der Waals surface area contributed by atoms with Crippen LogP contribution in [0.1, 0.15) is 43.4 Å². The molecule has 8 heteroatoms. The first-order chi connectivity index (χ1) is 12.3. The quantitative estimate of drug-likeness (QED) is 0.707. The Kier molecular flexibility index (Phi) is 5.29. The van der Waals surface area contributed by atoms with Crippen LogP contribution in [0.15, 0.2) is 24.3 Å². The van der Waals surface area contributed by atoms with Crippen LogP contribution >= 0.6 is 0 Å². The molecule has 1 aliphatic carbocycles. The zero-order valence-electron chi connectivity index (χ0n) is 14.3. The van der Waals surface area contributed by atoms with Gasteiger partial charge >= 0.3 is 6.18 Å². The monoisotopic (exact) mass is 368 g/mol. The molecule has 26 heavy (non-hydrogen) atoms. The van der Waals surface area contributed by atoms with Gasteiger partial charge in [-0.05, 0) is 43.5 Å². The molecule has 0 unspecified atom stereocenters. The number of hydrogen-bond acceptors (Lipinski definition) is 4. The summed E-state index contributed by atoms with van der Waals surface area (Å²) in [5.74, 6) is -0.418. The average Bonchev–Trinajstić information content (AvgIpc) is 2.58. The summed E-state index contributed by atoms with van der Waals surface area (Å²) < 4.78 is 52.9. The molecule has 2 N–H and O–H groups in total. The highest BCUT2D eigenvalue weighted by Gasteiger charge is 2.34. The molecule has 0 atom stereocenters. The lowest BCUT2D eigenvalue weighted by Crippen LogP contribution is -2.24. The molecule has 0 amide bonds. The molecule has 0 bridgehead atoms. The molecular weight excluding hydrogens is 348 g/mol. The third-order valence-electron chi connectivity index (χ3n) is 4.39. The topological polar surface area (TPSA) is 49.8 Å². The first-order valence-electron chi connectivity index (χ1n) is 8.57. The maximum atomic E-state index is 13.4. The van der Waals surface area contributed by atoms with Crippen LogP contribution in [0.5, 0.6) is 0 Å². The van der Waals surface area contributed by atoms with Gasteiger partial charge in [0.25, 0.3) is 0 Å². The van der Waals surface area contributed by atoms with Crippen LogP contribution in [0.4, 0.5) is 35.0 Å². The van der Waals surface area contributed by atoms with Crippen LogP contribution in [0.2, 0.25) is 0 Å². The summed E-state index contributed by atoms with van der Waals surface area (Å²) >= 11 is 0. The molecule has 4 nitrogen and oxygen atoms in total. The Balaban J connectivity index is 1.87. The minimum Gasteiger partial charge on any atom is -0.351 e. The molecule has 0 saturated heterocycles. The Bertz CT molecular complexity index is 770. The van der Waals surface area contributed by atoms with Gasteiger partial charge in [0, 0.05) is 17.8 Å². The van der Waals surface area contributed by atoms with E-state index in [0.717, 1.165) is 38.2 Å². The van der Waals surface area contributed by atoms with Gasteiger partial charge in [-0.2, -0.15) is 18.2 Å². The molecule has 2 aromatic rings. The van der Waals surface area contributed by atoms with Crippen molar-refractivity contribution >= 4 is 17.5 Å². The number of nitrogens with one attached hydrogen (secondary N) is 2. The lowest BCUT2D eigenvalue weighted by molar-refractivity contribution is -0.141. The fourth-order valence-electron chi connectivity index (χ4n) is 3.02. The van der Waals surface area contributed by atoms with Gasteiger partial charge in [-0.25, -0.2) is 9.37 Å². The number of hydrogen-bond donors (Lipinski definition) is 2. The average molecular weight is 368 g/mol. The third kappa shape index (κ3) is 4.62. The summed E-state index contributed by atoms with van der Waals surface area (Å²) in [5.41, 5.74) is -0.174. The van der Waals surface area contributed by atoms with Gasteiger partial charge in [-0.15, -0.1) is 0 Å². The Morgan fingerprint density at radius 1 is 1.04 bits per heavy atom. The van der Waals surface area contributed by atoms with E-state index in [-0.39, 0.29) is 23.6 Å². The van der Waals surface area contributed by atoms with Crippen LogP contribution in [0, 0.1) is 12.7 Å². The van der Waals surface area contributed by atoms with Crippen molar-refractivity contribution in [3.05, 3.63) is 41.3 Å². The van der Waals surface area contributed by atoms with Crippen molar-refractivity contribution in [3.63, 3.8) is 0 Å². The van der Waals surface area contributed by atoms with Crippen molar-refractivity contribution in [3.8, 4) is 0 Å². The molecular formula is C18H20F4N4. The number of rotatable bonds is 4. The standard InChI is InChI=1S/C18H20F4N4/c1-11-9-13(7-8-14(11)19)23-16-10-15(18(20,21)22)25-17(26-16)24-12-5-3-2-4-6-12/h7-10,12H,2-6H2,1H3,(H2,23,24,25,26). The molecule has 1 heterocycles. The predicted octanol–water partition coefficient (Wildman–Crippen LogP) is 5.43. The summed E-state index contributed by atoms with van der Waals surface area (Å²) in [6.45, 7) is 1.58. The van der Waals surface area contributed by atoms with Crippen molar-refractivity contribution in [2.24, 2.45) is 0 Å². The maximum Gasteiger partial charge on any atom is 0.433 e. The SMILES string of the molecule is Cc1cc(Nc2cc(C(F)(F)F)nc(NC3CCCCC3)n2)ccc1F.